The van der Waals surface area contributed by atoms with Crippen LogP contribution < -0.4 is 26.9 Å². The number of ether oxygens (including phenoxy) is 1. The lowest BCUT2D eigenvalue weighted by molar-refractivity contribution is 0.0524. The van der Waals surface area contributed by atoms with Crippen LogP contribution >= 0.6 is 0 Å². The fourth-order valence-electron chi connectivity index (χ4n) is 5.90. The minimum Gasteiger partial charge on any atom is -0.462 e. The second-order valence-electron chi connectivity index (χ2n) is 11.6. The first-order chi connectivity index (χ1) is 21.8. The number of halogens is 1. The average molecular weight is 617 g/mol. The molecule has 2 N–H and O–H groups in total. The quantitative estimate of drug-likeness (QED) is 0.193. The summed E-state index contributed by atoms with van der Waals surface area (Å²) in [7, 11) is 0. The van der Waals surface area contributed by atoms with Crippen LogP contribution in [-0.4, -0.2) is 64.3 Å². The van der Waals surface area contributed by atoms with Crippen LogP contribution in [0, 0.1) is 5.82 Å². The Balaban J connectivity index is 1.05. The van der Waals surface area contributed by atoms with E-state index in [2.05, 4.69) is 15.2 Å². The monoisotopic (exact) mass is 616 g/mol. The molecule has 0 bridgehead atoms. The molecule has 12 heteroatoms. The van der Waals surface area contributed by atoms with Gasteiger partial charge in [0.25, 0.3) is 5.56 Å². The summed E-state index contributed by atoms with van der Waals surface area (Å²) < 4.78 is 23.6. The summed E-state index contributed by atoms with van der Waals surface area (Å²) in [4.78, 5) is 57.7. The standard InChI is InChI=1S/C33H37FN6O5/c1-2-45-32(43)25-21-40(23-10-11-23)27-19-28(26(34)18-24(27)31(25)42)38-16-14-37(15-17-38)12-6-7-13-39-30(41)20-29(36-33(39)44)35-22-8-4-3-5-9-22/h3-5,8-9,18-21,23,35H,2,6-7,10-17H2,1H3,(H,36,44). The Kier molecular flexibility index (Phi) is 8.83. The smallest absolute Gasteiger partial charge is 0.343 e. The van der Waals surface area contributed by atoms with Crippen molar-refractivity contribution in [3.63, 3.8) is 0 Å². The highest BCUT2D eigenvalue weighted by molar-refractivity contribution is 5.94. The number of para-hydroxylation sites is 1. The van der Waals surface area contributed by atoms with E-state index in [9.17, 15) is 19.2 Å². The van der Waals surface area contributed by atoms with Crippen LogP contribution in [0.5, 0.6) is 0 Å². The van der Waals surface area contributed by atoms with Gasteiger partial charge in [-0.15, -0.1) is 0 Å². The molecule has 0 unspecified atom stereocenters. The van der Waals surface area contributed by atoms with E-state index in [1.165, 1.54) is 16.7 Å². The number of nitrogens with one attached hydrogen (secondary N) is 2. The summed E-state index contributed by atoms with van der Waals surface area (Å²) in [5.41, 5.74) is 0.468. The molecule has 4 aromatic rings. The summed E-state index contributed by atoms with van der Waals surface area (Å²) in [5.74, 6) is -0.824. The summed E-state index contributed by atoms with van der Waals surface area (Å²) in [6.45, 7) is 5.65. The predicted molar refractivity (Wildman–Crippen MR) is 171 cm³/mol. The van der Waals surface area contributed by atoms with Crippen molar-refractivity contribution in [1.29, 1.82) is 0 Å². The lowest BCUT2D eigenvalue weighted by Crippen LogP contribution is -2.47. The van der Waals surface area contributed by atoms with Crippen LogP contribution in [0.15, 0.2) is 69.1 Å². The number of benzene rings is 2. The SMILES string of the molecule is CCOC(=O)c1cn(C2CC2)c2cc(N3CCN(CCCCn4c(=O)cc(Nc5ccccc5)[nH]c4=O)CC3)c(F)cc2c1=O. The summed E-state index contributed by atoms with van der Waals surface area (Å²) >= 11 is 0. The molecule has 1 aliphatic heterocycles. The number of unbranched alkanes of at least 4 members (excludes halogenated alkanes) is 1. The lowest BCUT2D eigenvalue weighted by atomic mass is 10.1. The molecule has 236 valence electrons. The van der Waals surface area contributed by atoms with E-state index in [1.807, 2.05) is 39.8 Å². The molecule has 6 rings (SSSR count). The van der Waals surface area contributed by atoms with E-state index in [0.29, 0.717) is 43.1 Å². The van der Waals surface area contributed by atoms with Gasteiger partial charge in [0.05, 0.1) is 17.8 Å². The van der Waals surface area contributed by atoms with Crippen molar-refractivity contribution in [2.24, 2.45) is 0 Å². The van der Waals surface area contributed by atoms with Crippen molar-refractivity contribution in [1.82, 2.24) is 19.0 Å². The summed E-state index contributed by atoms with van der Waals surface area (Å²) in [6.07, 6.45) is 4.91. The van der Waals surface area contributed by atoms with E-state index in [4.69, 9.17) is 4.74 Å². The van der Waals surface area contributed by atoms with Crippen LogP contribution in [0.4, 0.5) is 21.6 Å². The van der Waals surface area contributed by atoms with Gasteiger partial charge in [0.2, 0.25) is 5.43 Å². The Hall–Kier alpha value is -4.71. The van der Waals surface area contributed by atoms with Gasteiger partial charge in [0.15, 0.2) is 0 Å². The minimum atomic E-state index is -0.688. The number of pyridine rings is 1. The number of nitrogens with zero attached hydrogens (tertiary/aromatic N) is 4. The number of H-pyrrole nitrogens is 1. The van der Waals surface area contributed by atoms with Gasteiger partial charge in [0.1, 0.15) is 17.2 Å². The Labute approximate surface area is 258 Å². The molecule has 0 atom stereocenters. The third-order valence-corrected chi connectivity index (χ3v) is 8.43. The maximum absolute atomic E-state index is 15.4. The molecule has 2 aromatic carbocycles. The largest absolute Gasteiger partial charge is 0.462 e. The van der Waals surface area contributed by atoms with Gasteiger partial charge in [-0.3, -0.25) is 24.0 Å². The maximum atomic E-state index is 15.4. The first-order valence-electron chi connectivity index (χ1n) is 15.5. The predicted octanol–water partition coefficient (Wildman–Crippen LogP) is 3.85. The number of carbonyl (C=O) groups excluding carboxylic acids is 1. The Bertz CT molecular complexity index is 1840. The Morgan fingerprint density at radius 1 is 1.00 bits per heavy atom. The van der Waals surface area contributed by atoms with Gasteiger partial charge >= 0.3 is 11.7 Å². The molecule has 2 aromatic heterocycles. The highest BCUT2D eigenvalue weighted by atomic mass is 19.1. The second kappa shape index (κ2) is 13.1. The van der Waals surface area contributed by atoms with Crippen LogP contribution in [0.1, 0.15) is 49.0 Å². The van der Waals surface area contributed by atoms with E-state index >= 15 is 4.39 Å². The van der Waals surface area contributed by atoms with Gasteiger partial charge in [0, 0.05) is 62.1 Å². The third-order valence-electron chi connectivity index (χ3n) is 8.43. The van der Waals surface area contributed by atoms with Gasteiger partial charge in [-0.25, -0.2) is 14.0 Å². The number of rotatable bonds is 11. The Morgan fingerprint density at radius 2 is 1.73 bits per heavy atom. The fraction of sp³-hybridized carbons (Fsp3) is 0.394. The molecule has 3 heterocycles. The first-order valence-corrected chi connectivity index (χ1v) is 15.5. The second-order valence-corrected chi connectivity index (χ2v) is 11.6. The van der Waals surface area contributed by atoms with Gasteiger partial charge in [-0.2, -0.15) is 0 Å². The molecule has 45 heavy (non-hydrogen) atoms. The molecule has 0 amide bonds. The minimum absolute atomic E-state index is 0.0661. The Morgan fingerprint density at radius 3 is 2.42 bits per heavy atom. The van der Waals surface area contributed by atoms with Crippen LogP contribution in [0.25, 0.3) is 10.9 Å². The van der Waals surface area contributed by atoms with E-state index in [1.54, 1.807) is 19.2 Å². The van der Waals surface area contributed by atoms with Crippen molar-refractivity contribution in [3.05, 3.63) is 97.2 Å². The van der Waals surface area contributed by atoms with Crippen LogP contribution in [0.2, 0.25) is 0 Å². The summed E-state index contributed by atoms with van der Waals surface area (Å²) in [6, 6.07) is 13.9. The molecule has 2 fully saturated rings. The van der Waals surface area contributed by atoms with E-state index in [-0.39, 0.29) is 29.2 Å². The number of fused-ring (bicyclic) bond motifs is 1. The van der Waals surface area contributed by atoms with Crippen molar-refractivity contribution >= 4 is 34.1 Å². The maximum Gasteiger partial charge on any atom is 0.343 e. The van der Waals surface area contributed by atoms with Crippen molar-refractivity contribution in [2.45, 2.75) is 45.2 Å². The average Bonchev–Trinajstić information content (AvgIpc) is 3.87. The number of esters is 1. The van der Waals surface area contributed by atoms with Gasteiger partial charge < -0.3 is 19.5 Å². The molecule has 1 aliphatic carbocycles. The zero-order chi connectivity index (χ0) is 31.5. The molecule has 1 saturated heterocycles. The highest BCUT2D eigenvalue weighted by Crippen LogP contribution is 2.38. The third kappa shape index (κ3) is 6.70. The summed E-state index contributed by atoms with van der Waals surface area (Å²) in [5, 5.41) is 3.23. The van der Waals surface area contributed by atoms with Crippen molar-refractivity contribution < 1.29 is 13.9 Å². The van der Waals surface area contributed by atoms with Crippen molar-refractivity contribution in [3.8, 4) is 0 Å². The zero-order valence-electron chi connectivity index (χ0n) is 25.3. The van der Waals surface area contributed by atoms with Gasteiger partial charge in [-0.05, 0) is 63.4 Å². The van der Waals surface area contributed by atoms with E-state index in [0.717, 1.165) is 44.6 Å². The molecule has 1 saturated carbocycles. The molecular formula is C33H37FN6O5. The first kappa shape index (κ1) is 30.3. The number of piperazine rings is 1. The normalized spacial score (nSPS) is 15.4. The molecule has 11 nitrogen and oxygen atoms in total. The van der Waals surface area contributed by atoms with Crippen LogP contribution in [-0.2, 0) is 11.3 Å². The number of aromatic amines is 1. The molecule has 0 spiro atoms. The van der Waals surface area contributed by atoms with Crippen LogP contribution in [0.3, 0.4) is 0 Å². The number of aromatic nitrogens is 3. The number of hydrogen-bond acceptors (Lipinski definition) is 8. The molecule has 0 radical (unpaired) electrons. The zero-order valence-corrected chi connectivity index (χ0v) is 25.3. The molecular weight excluding hydrogens is 579 g/mol. The number of carbonyl (C=O) groups is 1. The van der Waals surface area contributed by atoms with E-state index < -0.39 is 22.9 Å². The number of anilines is 3. The lowest BCUT2D eigenvalue weighted by Gasteiger charge is -2.36. The highest BCUT2D eigenvalue weighted by Gasteiger charge is 2.29. The van der Waals surface area contributed by atoms with Crippen molar-refractivity contribution in [2.75, 3.05) is 49.5 Å². The molecule has 2 aliphatic rings. The fourth-order valence-corrected chi connectivity index (χ4v) is 5.90. The number of hydrogen-bond donors (Lipinski definition) is 2. The van der Waals surface area contributed by atoms with Gasteiger partial charge in [-0.1, -0.05) is 18.2 Å². The topological polar surface area (TPSA) is 122 Å².